The molecule has 0 amide bonds. The van der Waals surface area contributed by atoms with Crippen molar-refractivity contribution in [2.75, 3.05) is 26.4 Å². The maximum absolute atomic E-state index is 12.8. The number of carbonyl (C=O) groups excluding carboxylic acids is 5. The van der Waals surface area contributed by atoms with Crippen LogP contribution in [0.3, 0.4) is 0 Å². The molecule has 0 saturated carbocycles. The van der Waals surface area contributed by atoms with Crippen LogP contribution in [0.2, 0.25) is 0 Å². The van der Waals surface area contributed by atoms with Crippen LogP contribution >= 0.6 is 0 Å². The highest BCUT2D eigenvalue weighted by Gasteiger charge is 2.20. The van der Waals surface area contributed by atoms with E-state index in [0.717, 1.165) is 128 Å². The molecule has 0 aromatic rings. The number of ether oxygens (including phenoxy) is 5. The van der Waals surface area contributed by atoms with Gasteiger partial charge >= 0.3 is 29.8 Å². The molecule has 1 atom stereocenters. The summed E-state index contributed by atoms with van der Waals surface area (Å²) < 4.78 is 27.4. The SMILES string of the molecule is CCCCCCCC/C=C\CCCCCCCC(=O)OCC(CO)OC(=O)CCCCCCC/C=C\CCCCCCCC.CCCCCCCC/C=C\CCCCCCCC(=O)OCC(COC(=O)CCCCCCC/C=C\CCCCCCCC)OC(=O)CCCCCCC/C=C\CCCCCCCC. The molecule has 0 aromatic carbocycles. The van der Waals surface area contributed by atoms with Gasteiger partial charge in [-0.15, -0.1) is 0 Å². The van der Waals surface area contributed by atoms with Gasteiger partial charge in [-0.05, 0) is 161 Å². The molecule has 0 aliphatic carbocycles. The Morgan fingerprint density at radius 3 is 0.542 bits per heavy atom. The molecular formula is C96H176O11. The van der Waals surface area contributed by atoms with Crippen LogP contribution in [0.15, 0.2) is 60.8 Å². The number of hydrogen-bond donors (Lipinski definition) is 1. The third-order valence-electron chi connectivity index (χ3n) is 20.3. The van der Waals surface area contributed by atoms with Crippen molar-refractivity contribution in [2.45, 2.75) is 496 Å². The van der Waals surface area contributed by atoms with Crippen LogP contribution in [0.4, 0.5) is 0 Å². The van der Waals surface area contributed by atoms with E-state index in [2.05, 4.69) is 95.4 Å². The second-order valence-electron chi connectivity index (χ2n) is 31.1. The van der Waals surface area contributed by atoms with Gasteiger partial charge in [0.15, 0.2) is 12.2 Å². The Hall–Kier alpha value is -3.99. The molecule has 0 aliphatic rings. The highest BCUT2D eigenvalue weighted by molar-refractivity contribution is 5.71. The van der Waals surface area contributed by atoms with E-state index >= 15 is 0 Å². The molecule has 0 saturated heterocycles. The summed E-state index contributed by atoms with van der Waals surface area (Å²) in [5.41, 5.74) is 0. The van der Waals surface area contributed by atoms with Gasteiger partial charge in [0, 0.05) is 32.1 Å². The lowest BCUT2D eigenvalue weighted by molar-refractivity contribution is -0.167. The third-order valence-corrected chi connectivity index (χ3v) is 20.3. The molecule has 1 N–H and O–H groups in total. The second-order valence-corrected chi connectivity index (χ2v) is 31.1. The van der Waals surface area contributed by atoms with Crippen LogP contribution in [0.1, 0.15) is 484 Å². The Bertz CT molecular complexity index is 1950. The Kier molecular flexibility index (Phi) is 90.9. The van der Waals surface area contributed by atoms with Crippen molar-refractivity contribution in [3.05, 3.63) is 60.8 Å². The zero-order valence-electron chi connectivity index (χ0n) is 71.3. The Morgan fingerprint density at radius 1 is 0.206 bits per heavy atom. The first-order valence-corrected chi connectivity index (χ1v) is 46.4. The lowest BCUT2D eigenvalue weighted by Gasteiger charge is -2.18. The van der Waals surface area contributed by atoms with Crippen LogP contribution in [0, 0.1) is 0 Å². The van der Waals surface area contributed by atoms with E-state index in [1.54, 1.807) is 0 Å². The monoisotopic (exact) mass is 1510 g/mol. The topological polar surface area (TPSA) is 152 Å². The van der Waals surface area contributed by atoms with Crippen molar-refractivity contribution in [3.63, 3.8) is 0 Å². The highest BCUT2D eigenvalue weighted by atomic mass is 16.6. The first kappa shape index (κ1) is 105. The van der Waals surface area contributed by atoms with E-state index in [1.807, 2.05) is 0 Å². The predicted molar refractivity (Wildman–Crippen MR) is 457 cm³/mol. The summed E-state index contributed by atoms with van der Waals surface area (Å²) in [5.74, 6) is -1.50. The van der Waals surface area contributed by atoms with Gasteiger partial charge < -0.3 is 28.8 Å². The molecule has 0 radical (unpaired) electrons. The summed E-state index contributed by atoms with van der Waals surface area (Å²) in [6.07, 6.45) is 102. The average molecular weight is 1510 g/mol. The number of allylic oxidation sites excluding steroid dienone is 10. The molecule has 626 valence electrons. The van der Waals surface area contributed by atoms with E-state index in [1.165, 1.54) is 289 Å². The molecule has 0 rings (SSSR count). The van der Waals surface area contributed by atoms with Crippen LogP contribution < -0.4 is 0 Å². The van der Waals surface area contributed by atoms with E-state index in [-0.39, 0.29) is 56.3 Å². The summed E-state index contributed by atoms with van der Waals surface area (Å²) in [7, 11) is 0. The van der Waals surface area contributed by atoms with Crippen LogP contribution in [0.5, 0.6) is 0 Å². The molecule has 0 aliphatic heterocycles. The molecule has 0 bridgehead atoms. The summed E-state index contributed by atoms with van der Waals surface area (Å²) in [5, 5.41) is 9.53. The number of aliphatic hydroxyl groups excluding tert-OH is 1. The summed E-state index contributed by atoms with van der Waals surface area (Å²) in [4.78, 5) is 62.2. The minimum absolute atomic E-state index is 0.0709. The highest BCUT2D eigenvalue weighted by Crippen LogP contribution is 2.18. The van der Waals surface area contributed by atoms with Crippen molar-refractivity contribution in [1.82, 2.24) is 0 Å². The quantitative estimate of drug-likeness (QED) is 0.0268. The zero-order chi connectivity index (χ0) is 78.0. The van der Waals surface area contributed by atoms with Gasteiger partial charge in [-0.3, -0.25) is 24.0 Å². The molecule has 0 fully saturated rings. The van der Waals surface area contributed by atoms with Crippen LogP contribution in [-0.2, 0) is 47.7 Å². The number of rotatable bonds is 84. The van der Waals surface area contributed by atoms with Gasteiger partial charge in [-0.25, -0.2) is 0 Å². The maximum Gasteiger partial charge on any atom is 0.306 e. The molecule has 11 nitrogen and oxygen atoms in total. The standard InChI is InChI=1S/C57H104O6.C39H72O5/c1-4-7-10-13-16-19-22-25-28-31-34-37-40-43-46-49-55(58)61-52-54(63-57(60)51-48-45-42-39-36-33-30-27-24-21-18-15-12-9-6-3)53-62-56(59)50-47-44-41-38-35-32-29-26-23-20-17-14-11-8-5-2;1-3-5-7-9-11-13-15-17-19-21-23-25-27-29-31-33-38(41)43-36-37(35-40)44-39(42)34-32-30-28-26-24-22-20-18-16-14-12-10-8-6-4-2/h25-30,54H,4-24,31-53H2,1-3H3;17-20,37,40H,3-16,21-36H2,1-2H3/b28-25-,29-26-,30-27-;19-17-,20-18-. The van der Waals surface area contributed by atoms with E-state index in [0.29, 0.717) is 32.1 Å². The normalized spacial score (nSPS) is 12.0. The van der Waals surface area contributed by atoms with Gasteiger partial charge in [-0.2, -0.15) is 0 Å². The first-order valence-electron chi connectivity index (χ1n) is 46.4. The molecule has 1 unspecified atom stereocenters. The van der Waals surface area contributed by atoms with Crippen molar-refractivity contribution in [2.24, 2.45) is 0 Å². The fourth-order valence-electron chi connectivity index (χ4n) is 13.2. The van der Waals surface area contributed by atoms with Gasteiger partial charge in [0.1, 0.15) is 19.8 Å². The molecule has 0 spiro atoms. The molecule has 11 heteroatoms. The first-order chi connectivity index (χ1) is 52.7. The van der Waals surface area contributed by atoms with Crippen molar-refractivity contribution >= 4 is 29.8 Å². The summed E-state index contributed by atoms with van der Waals surface area (Å²) in [6, 6.07) is 0. The Labute approximate surface area is 662 Å². The van der Waals surface area contributed by atoms with Gasteiger partial charge in [0.25, 0.3) is 0 Å². The number of unbranched alkanes of at least 4 members (excludes halogenated alkanes) is 55. The average Bonchev–Trinajstić information content (AvgIpc) is 0.996. The van der Waals surface area contributed by atoms with Crippen molar-refractivity contribution in [1.29, 1.82) is 0 Å². The molecule has 0 heterocycles. The van der Waals surface area contributed by atoms with Gasteiger partial charge in [0.2, 0.25) is 0 Å². The maximum atomic E-state index is 12.8. The number of aliphatic hydroxyl groups is 1. The second kappa shape index (κ2) is 92.6. The number of carbonyl (C=O) groups is 5. The Balaban J connectivity index is 0. The summed E-state index contributed by atoms with van der Waals surface area (Å²) in [6.45, 7) is 10.7. The van der Waals surface area contributed by atoms with Crippen LogP contribution in [0.25, 0.3) is 0 Å². The molecule has 107 heavy (non-hydrogen) atoms. The minimum atomic E-state index is -0.781. The van der Waals surface area contributed by atoms with Crippen molar-refractivity contribution in [3.8, 4) is 0 Å². The predicted octanol–water partition coefficient (Wildman–Crippen LogP) is 29.6. The lowest BCUT2D eigenvalue weighted by atomic mass is 10.1. The molecule has 0 aromatic heterocycles. The van der Waals surface area contributed by atoms with Crippen LogP contribution in [-0.4, -0.2) is 73.6 Å². The van der Waals surface area contributed by atoms with Crippen molar-refractivity contribution < 1.29 is 52.8 Å². The smallest absolute Gasteiger partial charge is 0.306 e. The zero-order valence-corrected chi connectivity index (χ0v) is 71.3. The third kappa shape index (κ3) is 90.8. The number of esters is 5. The van der Waals surface area contributed by atoms with E-state index in [4.69, 9.17) is 23.7 Å². The van der Waals surface area contributed by atoms with E-state index in [9.17, 15) is 29.1 Å². The van der Waals surface area contributed by atoms with Gasteiger partial charge in [0.05, 0.1) is 6.61 Å². The van der Waals surface area contributed by atoms with E-state index < -0.39 is 12.2 Å². The number of hydrogen-bond acceptors (Lipinski definition) is 11. The lowest BCUT2D eigenvalue weighted by Crippen LogP contribution is -2.30. The molecular weight excluding hydrogens is 1330 g/mol. The largest absolute Gasteiger partial charge is 0.462 e. The fourth-order valence-corrected chi connectivity index (χ4v) is 13.2. The summed E-state index contributed by atoms with van der Waals surface area (Å²) >= 11 is 0. The van der Waals surface area contributed by atoms with Gasteiger partial charge in [-0.1, -0.05) is 352 Å². The fraction of sp³-hybridized carbons (Fsp3) is 0.844. The minimum Gasteiger partial charge on any atom is -0.462 e. The Morgan fingerprint density at radius 2 is 0.355 bits per heavy atom.